The van der Waals surface area contributed by atoms with Crippen molar-refractivity contribution in [1.29, 1.82) is 0 Å². The van der Waals surface area contributed by atoms with Crippen LogP contribution in [0, 0.1) is 12.8 Å². The van der Waals surface area contributed by atoms with E-state index >= 15 is 0 Å². The third kappa shape index (κ3) is 3.24. The average molecular weight is 404 g/mol. The minimum absolute atomic E-state index is 0.0322. The van der Waals surface area contributed by atoms with Gasteiger partial charge in [0, 0.05) is 18.0 Å². The third-order valence-electron chi connectivity index (χ3n) is 5.70. The first-order valence-electron chi connectivity index (χ1n) is 9.53. The van der Waals surface area contributed by atoms with Crippen LogP contribution in [0.1, 0.15) is 43.9 Å². The van der Waals surface area contributed by atoms with E-state index in [0.717, 1.165) is 43.0 Å². The molecule has 2 atom stereocenters. The van der Waals surface area contributed by atoms with Crippen molar-refractivity contribution in [2.75, 3.05) is 6.54 Å². The van der Waals surface area contributed by atoms with E-state index in [0.29, 0.717) is 28.2 Å². The molecule has 1 saturated carbocycles. The standard InChI is InChI=1S/C20H22ClN3O4/c1-11-16-18(23-28-11)17-14(21)7-4-8-15(17)24(19(16)25)13-6-3-2-5-12(9-13)10-22-20(26)27/h4,7-8,12-13,22H,2-3,5-6,9-10H2,1H3,(H,26,27). The number of pyridine rings is 1. The number of carboxylic acid groups (broad SMARTS) is 1. The maximum Gasteiger partial charge on any atom is 0.404 e. The van der Waals surface area contributed by atoms with E-state index in [2.05, 4.69) is 10.5 Å². The molecule has 4 rings (SSSR count). The Balaban J connectivity index is 1.87. The minimum atomic E-state index is -1.02. The maximum absolute atomic E-state index is 13.4. The van der Waals surface area contributed by atoms with Crippen molar-refractivity contribution in [2.24, 2.45) is 5.92 Å². The predicted octanol–water partition coefficient (Wildman–Crippen LogP) is 4.49. The normalized spacial score (nSPS) is 20.4. The topological polar surface area (TPSA) is 97.4 Å². The first kappa shape index (κ1) is 18.8. The zero-order valence-electron chi connectivity index (χ0n) is 15.6. The Hall–Kier alpha value is -2.54. The molecule has 1 amide bonds. The second-order valence-electron chi connectivity index (χ2n) is 7.50. The summed E-state index contributed by atoms with van der Waals surface area (Å²) >= 11 is 6.48. The summed E-state index contributed by atoms with van der Waals surface area (Å²) in [5, 5.41) is 17.2. The lowest BCUT2D eigenvalue weighted by Gasteiger charge is -2.24. The van der Waals surface area contributed by atoms with Crippen LogP contribution in [0.3, 0.4) is 0 Å². The van der Waals surface area contributed by atoms with Gasteiger partial charge in [-0.25, -0.2) is 4.79 Å². The molecule has 2 aromatic heterocycles. The van der Waals surface area contributed by atoms with Crippen molar-refractivity contribution in [3.05, 3.63) is 39.3 Å². The third-order valence-corrected chi connectivity index (χ3v) is 6.01. The van der Waals surface area contributed by atoms with Crippen LogP contribution in [0.5, 0.6) is 0 Å². The van der Waals surface area contributed by atoms with Gasteiger partial charge in [-0.05, 0) is 44.2 Å². The van der Waals surface area contributed by atoms with Crippen LogP contribution in [-0.2, 0) is 0 Å². The quantitative estimate of drug-likeness (QED) is 0.628. The van der Waals surface area contributed by atoms with E-state index in [1.807, 2.05) is 16.7 Å². The lowest BCUT2D eigenvalue weighted by atomic mass is 9.97. The fraction of sp³-hybridized carbons (Fsp3) is 0.450. The highest BCUT2D eigenvalue weighted by Crippen LogP contribution is 2.36. The summed E-state index contributed by atoms with van der Waals surface area (Å²) < 4.78 is 7.14. The van der Waals surface area contributed by atoms with Crippen LogP contribution in [0.4, 0.5) is 4.79 Å². The summed E-state index contributed by atoms with van der Waals surface area (Å²) in [6.07, 6.45) is 3.53. The number of hydrogen-bond donors (Lipinski definition) is 2. The van der Waals surface area contributed by atoms with Gasteiger partial charge in [0.1, 0.15) is 16.7 Å². The molecular formula is C20H22ClN3O4. The van der Waals surface area contributed by atoms with Crippen molar-refractivity contribution in [3.63, 3.8) is 0 Å². The molecule has 0 bridgehead atoms. The monoisotopic (exact) mass is 403 g/mol. The zero-order chi connectivity index (χ0) is 19.8. The minimum Gasteiger partial charge on any atom is -0.465 e. The van der Waals surface area contributed by atoms with E-state index in [1.165, 1.54) is 0 Å². The highest BCUT2D eigenvalue weighted by atomic mass is 35.5. The summed E-state index contributed by atoms with van der Waals surface area (Å²) in [5.74, 6) is 0.664. The smallest absolute Gasteiger partial charge is 0.404 e. The number of carbonyl (C=O) groups is 1. The Morgan fingerprint density at radius 2 is 2.14 bits per heavy atom. The van der Waals surface area contributed by atoms with Crippen LogP contribution < -0.4 is 10.9 Å². The molecule has 3 aromatic rings. The molecule has 0 radical (unpaired) electrons. The number of hydrogen-bond acceptors (Lipinski definition) is 4. The van der Waals surface area contributed by atoms with Crippen LogP contribution in [0.15, 0.2) is 27.5 Å². The van der Waals surface area contributed by atoms with Crippen LogP contribution in [-0.4, -0.2) is 27.5 Å². The van der Waals surface area contributed by atoms with Crippen molar-refractivity contribution in [3.8, 4) is 0 Å². The summed E-state index contributed by atoms with van der Waals surface area (Å²) in [4.78, 5) is 24.3. The Bertz CT molecular complexity index is 1100. The van der Waals surface area contributed by atoms with Crippen LogP contribution in [0.25, 0.3) is 21.8 Å². The molecule has 28 heavy (non-hydrogen) atoms. The average Bonchev–Trinajstić information content (AvgIpc) is 2.89. The van der Waals surface area contributed by atoms with Gasteiger partial charge in [0.25, 0.3) is 5.56 Å². The van der Waals surface area contributed by atoms with E-state index in [4.69, 9.17) is 21.2 Å². The number of benzene rings is 1. The van der Waals surface area contributed by atoms with Crippen molar-refractivity contribution < 1.29 is 14.4 Å². The lowest BCUT2D eigenvalue weighted by molar-refractivity contribution is 0.191. The van der Waals surface area contributed by atoms with Crippen molar-refractivity contribution in [2.45, 2.75) is 45.1 Å². The van der Waals surface area contributed by atoms with Crippen LogP contribution >= 0.6 is 11.6 Å². The molecular weight excluding hydrogens is 382 g/mol. The molecule has 7 nitrogen and oxygen atoms in total. The largest absolute Gasteiger partial charge is 0.465 e. The summed E-state index contributed by atoms with van der Waals surface area (Å²) in [7, 11) is 0. The molecule has 148 valence electrons. The van der Waals surface area contributed by atoms with Gasteiger partial charge < -0.3 is 19.5 Å². The Labute approximate surface area is 166 Å². The highest BCUT2D eigenvalue weighted by molar-refractivity contribution is 6.37. The van der Waals surface area contributed by atoms with Gasteiger partial charge in [0.2, 0.25) is 0 Å². The summed E-state index contributed by atoms with van der Waals surface area (Å²) in [5.41, 5.74) is 1.12. The number of amides is 1. The van der Waals surface area contributed by atoms with Crippen molar-refractivity contribution in [1.82, 2.24) is 15.0 Å². The molecule has 0 spiro atoms. The number of nitrogens with one attached hydrogen (secondary N) is 1. The van der Waals surface area contributed by atoms with E-state index in [9.17, 15) is 9.59 Å². The molecule has 1 fully saturated rings. The van der Waals surface area contributed by atoms with E-state index < -0.39 is 6.09 Å². The van der Waals surface area contributed by atoms with Gasteiger partial charge in [0.05, 0.1) is 10.5 Å². The first-order chi connectivity index (χ1) is 13.5. The van der Waals surface area contributed by atoms with Gasteiger partial charge in [0.15, 0.2) is 0 Å². The second-order valence-corrected chi connectivity index (χ2v) is 7.90. The molecule has 0 aliphatic heterocycles. The molecule has 1 aliphatic carbocycles. The van der Waals surface area contributed by atoms with Gasteiger partial charge >= 0.3 is 6.09 Å². The Morgan fingerprint density at radius 1 is 1.36 bits per heavy atom. The Morgan fingerprint density at radius 3 is 2.93 bits per heavy atom. The Kier molecular flexibility index (Phi) is 5.02. The summed E-state index contributed by atoms with van der Waals surface area (Å²) in [6.45, 7) is 2.13. The second kappa shape index (κ2) is 7.47. The number of aromatic nitrogens is 2. The number of fused-ring (bicyclic) bond motifs is 3. The number of rotatable bonds is 3. The molecule has 1 aromatic carbocycles. The lowest BCUT2D eigenvalue weighted by Crippen LogP contribution is -2.31. The fourth-order valence-corrected chi connectivity index (χ4v) is 4.68. The fourth-order valence-electron chi connectivity index (χ4n) is 4.42. The highest BCUT2D eigenvalue weighted by Gasteiger charge is 2.27. The summed E-state index contributed by atoms with van der Waals surface area (Å²) in [6, 6.07) is 5.48. The number of aryl methyl sites for hydroxylation is 1. The van der Waals surface area contributed by atoms with E-state index in [1.54, 1.807) is 13.0 Å². The number of nitrogens with zero attached hydrogens (tertiary/aromatic N) is 2. The molecule has 0 saturated heterocycles. The SMILES string of the molecule is Cc1onc2c1c(=O)n(C1CCCCC(CNC(=O)O)C1)c1cccc(Cl)c21. The first-order valence-corrected chi connectivity index (χ1v) is 9.90. The molecule has 8 heteroatoms. The predicted molar refractivity (Wildman–Crippen MR) is 107 cm³/mol. The number of halogens is 1. The van der Waals surface area contributed by atoms with Crippen LogP contribution in [0.2, 0.25) is 5.02 Å². The van der Waals surface area contributed by atoms with Gasteiger partial charge in [-0.3, -0.25) is 4.79 Å². The van der Waals surface area contributed by atoms with Crippen molar-refractivity contribution >= 4 is 39.5 Å². The molecule has 1 aliphatic rings. The van der Waals surface area contributed by atoms with Gasteiger partial charge in [-0.1, -0.05) is 35.7 Å². The zero-order valence-corrected chi connectivity index (χ0v) is 16.3. The van der Waals surface area contributed by atoms with Gasteiger partial charge in [-0.2, -0.15) is 0 Å². The molecule has 2 unspecified atom stereocenters. The maximum atomic E-state index is 13.4. The molecule has 2 heterocycles. The molecule has 2 N–H and O–H groups in total. The van der Waals surface area contributed by atoms with Gasteiger partial charge in [-0.15, -0.1) is 0 Å². The van der Waals surface area contributed by atoms with E-state index in [-0.39, 0.29) is 17.5 Å².